The first-order valence-electron chi connectivity index (χ1n) is 7.76. The number of rotatable bonds is 5. The molecular weight excluding hydrogens is 379 g/mol. The van der Waals surface area contributed by atoms with Gasteiger partial charge in [0.1, 0.15) is 17.3 Å². The number of aromatic nitrogens is 3. The van der Waals surface area contributed by atoms with Gasteiger partial charge in [-0.3, -0.25) is 14.3 Å². The highest BCUT2D eigenvalue weighted by molar-refractivity contribution is 5.97. The standard InChI is InChI=1S/C18H12F3N3O4/c1-28-14-8-22-13(16(20)21)5-10(14)9-6-15(23-7-11(9)18(26)27)24-4-2-3-12(19)17(24)25/h2-8,16H,1H3,(H,26,27). The summed E-state index contributed by atoms with van der Waals surface area (Å²) in [5.74, 6) is -2.47. The van der Waals surface area contributed by atoms with E-state index < -0.39 is 29.5 Å². The molecule has 0 saturated carbocycles. The molecule has 144 valence electrons. The molecule has 0 aliphatic rings. The Hall–Kier alpha value is -3.69. The highest BCUT2D eigenvalue weighted by atomic mass is 19.3. The quantitative estimate of drug-likeness (QED) is 0.718. The third-order valence-corrected chi connectivity index (χ3v) is 3.89. The number of aromatic carboxylic acids is 1. The second-order valence-corrected chi connectivity index (χ2v) is 5.53. The number of carboxylic acid groups (broad SMARTS) is 1. The average molecular weight is 391 g/mol. The average Bonchev–Trinajstić information content (AvgIpc) is 2.69. The SMILES string of the molecule is COc1cnc(C(F)F)cc1-c1cc(-n2cccc(F)c2=O)ncc1C(=O)O. The lowest BCUT2D eigenvalue weighted by atomic mass is 10.0. The zero-order valence-corrected chi connectivity index (χ0v) is 14.3. The molecule has 1 N–H and O–H groups in total. The molecule has 3 aromatic rings. The van der Waals surface area contributed by atoms with Gasteiger partial charge in [-0.2, -0.15) is 0 Å². The van der Waals surface area contributed by atoms with Gasteiger partial charge in [0.25, 0.3) is 12.0 Å². The van der Waals surface area contributed by atoms with Gasteiger partial charge in [-0.05, 0) is 24.3 Å². The van der Waals surface area contributed by atoms with Gasteiger partial charge in [0.2, 0.25) is 0 Å². The number of carboxylic acids is 1. The molecule has 0 fully saturated rings. The fraction of sp³-hybridized carbons (Fsp3) is 0.111. The van der Waals surface area contributed by atoms with E-state index in [0.717, 1.165) is 29.1 Å². The van der Waals surface area contributed by atoms with E-state index in [1.807, 2.05) is 0 Å². The normalized spacial score (nSPS) is 10.9. The summed E-state index contributed by atoms with van der Waals surface area (Å²) in [7, 11) is 1.27. The Morgan fingerprint density at radius 1 is 1.21 bits per heavy atom. The summed E-state index contributed by atoms with van der Waals surface area (Å²) in [5.41, 5.74) is -1.95. The molecule has 0 amide bonds. The van der Waals surface area contributed by atoms with Crippen molar-refractivity contribution in [1.29, 1.82) is 0 Å². The van der Waals surface area contributed by atoms with E-state index >= 15 is 0 Å². The van der Waals surface area contributed by atoms with Crippen LogP contribution in [0.1, 0.15) is 22.5 Å². The summed E-state index contributed by atoms with van der Waals surface area (Å²) in [5, 5.41) is 9.46. The first-order chi connectivity index (χ1) is 13.3. The fourth-order valence-corrected chi connectivity index (χ4v) is 2.57. The van der Waals surface area contributed by atoms with E-state index in [-0.39, 0.29) is 28.3 Å². The molecule has 3 heterocycles. The molecular formula is C18H12F3N3O4. The maximum Gasteiger partial charge on any atom is 0.337 e. The lowest BCUT2D eigenvalue weighted by Crippen LogP contribution is -2.21. The van der Waals surface area contributed by atoms with Crippen molar-refractivity contribution in [1.82, 2.24) is 14.5 Å². The minimum Gasteiger partial charge on any atom is -0.494 e. The number of methoxy groups -OCH3 is 1. The molecule has 0 radical (unpaired) electrons. The summed E-state index contributed by atoms with van der Waals surface area (Å²) in [4.78, 5) is 31.1. The summed E-state index contributed by atoms with van der Waals surface area (Å²) < 4.78 is 45.7. The lowest BCUT2D eigenvalue weighted by molar-refractivity contribution is 0.0697. The van der Waals surface area contributed by atoms with Crippen LogP contribution < -0.4 is 10.3 Å². The minimum absolute atomic E-state index is 0.0123. The first kappa shape index (κ1) is 19.1. The number of halogens is 3. The maximum atomic E-state index is 13.6. The van der Waals surface area contributed by atoms with Crippen LogP contribution in [0.15, 0.2) is 47.7 Å². The zero-order chi connectivity index (χ0) is 20.4. The Morgan fingerprint density at radius 3 is 2.61 bits per heavy atom. The molecule has 0 aliphatic heterocycles. The van der Waals surface area contributed by atoms with Crippen LogP contribution in [0, 0.1) is 5.82 Å². The van der Waals surface area contributed by atoms with Crippen molar-refractivity contribution >= 4 is 5.97 Å². The molecule has 7 nitrogen and oxygen atoms in total. The smallest absolute Gasteiger partial charge is 0.337 e. The minimum atomic E-state index is -2.90. The van der Waals surface area contributed by atoms with Gasteiger partial charge >= 0.3 is 5.97 Å². The third-order valence-electron chi connectivity index (χ3n) is 3.89. The Labute approximate surface area is 155 Å². The largest absolute Gasteiger partial charge is 0.494 e. The zero-order valence-electron chi connectivity index (χ0n) is 14.3. The molecule has 28 heavy (non-hydrogen) atoms. The van der Waals surface area contributed by atoms with Crippen LogP contribution >= 0.6 is 0 Å². The Bertz CT molecular complexity index is 1120. The molecule has 10 heteroatoms. The second kappa shape index (κ2) is 7.51. The van der Waals surface area contributed by atoms with Crippen molar-refractivity contribution in [2.24, 2.45) is 0 Å². The summed E-state index contributed by atoms with van der Waals surface area (Å²) in [6.07, 6.45) is 0.334. The molecule has 0 bridgehead atoms. The van der Waals surface area contributed by atoms with Gasteiger partial charge in [-0.25, -0.2) is 22.9 Å². The second-order valence-electron chi connectivity index (χ2n) is 5.53. The van der Waals surface area contributed by atoms with Crippen LogP contribution in [-0.2, 0) is 0 Å². The monoisotopic (exact) mass is 391 g/mol. The van der Waals surface area contributed by atoms with Crippen LogP contribution in [0.25, 0.3) is 16.9 Å². The van der Waals surface area contributed by atoms with Crippen molar-refractivity contribution in [3.05, 3.63) is 70.3 Å². The highest BCUT2D eigenvalue weighted by Gasteiger charge is 2.21. The van der Waals surface area contributed by atoms with Gasteiger partial charge in [0.15, 0.2) is 5.82 Å². The Kier molecular flexibility index (Phi) is 5.12. The lowest BCUT2D eigenvalue weighted by Gasteiger charge is -2.14. The van der Waals surface area contributed by atoms with Crippen LogP contribution in [0.4, 0.5) is 13.2 Å². The van der Waals surface area contributed by atoms with Crippen LogP contribution in [0.5, 0.6) is 5.75 Å². The summed E-state index contributed by atoms with van der Waals surface area (Å²) in [6.45, 7) is 0. The Balaban J connectivity index is 2.31. The molecule has 3 aromatic heterocycles. The summed E-state index contributed by atoms with van der Waals surface area (Å²) in [6, 6.07) is 4.40. The van der Waals surface area contributed by atoms with E-state index in [1.54, 1.807) is 0 Å². The fourth-order valence-electron chi connectivity index (χ4n) is 2.57. The molecule has 0 spiro atoms. The molecule has 0 aliphatic carbocycles. The van der Waals surface area contributed by atoms with Gasteiger partial charge in [0, 0.05) is 23.5 Å². The molecule has 0 aromatic carbocycles. The Morgan fingerprint density at radius 2 is 1.96 bits per heavy atom. The van der Waals surface area contributed by atoms with Gasteiger partial charge in [-0.15, -0.1) is 0 Å². The van der Waals surface area contributed by atoms with E-state index in [1.165, 1.54) is 25.4 Å². The summed E-state index contributed by atoms with van der Waals surface area (Å²) >= 11 is 0. The molecule has 0 atom stereocenters. The van der Waals surface area contributed by atoms with Crippen molar-refractivity contribution < 1.29 is 27.8 Å². The number of pyridine rings is 3. The molecule has 0 unspecified atom stereocenters. The van der Waals surface area contributed by atoms with Crippen molar-refractivity contribution in [3.63, 3.8) is 0 Å². The van der Waals surface area contributed by atoms with Crippen LogP contribution in [0.3, 0.4) is 0 Å². The molecule has 0 saturated heterocycles. The van der Waals surface area contributed by atoms with Crippen molar-refractivity contribution in [3.8, 4) is 22.7 Å². The number of hydrogen-bond donors (Lipinski definition) is 1. The number of hydrogen-bond acceptors (Lipinski definition) is 5. The number of nitrogens with zero attached hydrogens (tertiary/aromatic N) is 3. The van der Waals surface area contributed by atoms with Crippen molar-refractivity contribution in [2.75, 3.05) is 7.11 Å². The maximum absolute atomic E-state index is 13.6. The third kappa shape index (κ3) is 3.43. The van der Waals surface area contributed by atoms with Crippen LogP contribution in [-0.4, -0.2) is 32.7 Å². The predicted octanol–water partition coefficient (Wildman–Crippen LogP) is 3.08. The predicted molar refractivity (Wildman–Crippen MR) is 91.5 cm³/mol. The topological polar surface area (TPSA) is 94.3 Å². The van der Waals surface area contributed by atoms with E-state index in [9.17, 15) is 27.9 Å². The van der Waals surface area contributed by atoms with E-state index in [2.05, 4.69) is 9.97 Å². The number of ether oxygens (including phenoxy) is 1. The van der Waals surface area contributed by atoms with Crippen molar-refractivity contribution in [2.45, 2.75) is 6.43 Å². The van der Waals surface area contributed by atoms with Gasteiger partial charge in [0.05, 0.1) is 18.9 Å². The number of carbonyl (C=O) groups is 1. The first-order valence-corrected chi connectivity index (χ1v) is 7.76. The van der Waals surface area contributed by atoms with E-state index in [4.69, 9.17) is 4.74 Å². The molecule has 3 rings (SSSR count). The van der Waals surface area contributed by atoms with Gasteiger partial charge < -0.3 is 9.84 Å². The highest BCUT2D eigenvalue weighted by Crippen LogP contribution is 2.35. The van der Waals surface area contributed by atoms with Crippen LogP contribution in [0.2, 0.25) is 0 Å². The number of alkyl halides is 2. The van der Waals surface area contributed by atoms with E-state index in [0.29, 0.717) is 0 Å². The van der Waals surface area contributed by atoms with Gasteiger partial charge in [-0.1, -0.05) is 0 Å².